The van der Waals surface area contributed by atoms with Gasteiger partial charge in [0.15, 0.2) is 0 Å². The van der Waals surface area contributed by atoms with Crippen LogP contribution in [0.1, 0.15) is 56.2 Å². The standard InChI is InChI=1S/C27H33BrN4O2/c1-18(2)16-31(26(34)20-10-8-11-21(28)14-20)17-25(33)29-24-15-23(27(4,5)6)30-32(24)22-12-7-9-19(3)13-22/h7-15,18H,16-17H2,1-6H3,(H,29,33). The summed E-state index contributed by atoms with van der Waals surface area (Å²) in [4.78, 5) is 27.9. The molecule has 1 heterocycles. The Labute approximate surface area is 210 Å². The largest absolute Gasteiger partial charge is 0.329 e. The van der Waals surface area contributed by atoms with Crippen molar-refractivity contribution in [3.63, 3.8) is 0 Å². The highest BCUT2D eigenvalue weighted by molar-refractivity contribution is 9.10. The number of nitrogens with one attached hydrogen (secondary N) is 1. The fourth-order valence-electron chi connectivity index (χ4n) is 3.61. The van der Waals surface area contributed by atoms with E-state index in [1.807, 2.05) is 63.2 Å². The van der Waals surface area contributed by atoms with Crippen molar-refractivity contribution in [1.82, 2.24) is 14.7 Å². The van der Waals surface area contributed by atoms with E-state index in [-0.39, 0.29) is 29.7 Å². The summed E-state index contributed by atoms with van der Waals surface area (Å²) in [7, 11) is 0. The number of halogens is 1. The molecule has 0 bridgehead atoms. The Morgan fingerprint density at radius 2 is 1.79 bits per heavy atom. The van der Waals surface area contributed by atoms with Crippen molar-refractivity contribution in [2.45, 2.75) is 47.0 Å². The normalized spacial score (nSPS) is 11.5. The molecule has 0 aliphatic rings. The molecule has 1 N–H and O–H groups in total. The molecule has 0 atom stereocenters. The molecule has 7 heteroatoms. The molecule has 0 fully saturated rings. The minimum Gasteiger partial charge on any atom is -0.329 e. The van der Waals surface area contributed by atoms with E-state index in [4.69, 9.17) is 5.10 Å². The first-order valence-electron chi connectivity index (χ1n) is 11.5. The van der Waals surface area contributed by atoms with Gasteiger partial charge in [-0.2, -0.15) is 5.10 Å². The van der Waals surface area contributed by atoms with Gasteiger partial charge in [0.2, 0.25) is 5.91 Å². The third-order valence-electron chi connectivity index (χ3n) is 5.27. The second-order valence-corrected chi connectivity index (χ2v) is 11.0. The quantitative estimate of drug-likeness (QED) is 0.413. The predicted molar refractivity (Wildman–Crippen MR) is 141 cm³/mol. The molecule has 1 aromatic heterocycles. The summed E-state index contributed by atoms with van der Waals surface area (Å²) in [6, 6.07) is 17.1. The predicted octanol–water partition coefficient (Wildman–Crippen LogP) is 5.98. The summed E-state index contributed by atoms with van der Waals surface area (Å²) in [6.45, 7) is 12.8. The maximum atomic E-state index is 13.2. The summed E-state index contributed by atoms with van der Waals surface area (Å²) >= 11 is 3.42. The molecule has 0 unspecified atom stereocenters. The molecule has 180 valence electrons. The van der Waals surface area contributed by atoms with Crippen LogP contribution in [0.15, 0.2) is 59.1 Å². The number of carbonyl (C=O) groups is 2. The number of aromatic nitrogens is 2. The van der Waals surface area contributed by atoms with Gasteiger partial charge in [-0.25, -0.2) is 4.68 Å². The van der Waals surface area contributed by atoms with E-state index in [0.29, 0.717) is 17.9 Å². The summed E-state index contributed by atoms with van der Waals surface area (Å²) in [5.41, 5.74) is 3.20. The zero-order valence-electron chi connectivity index (χ0n) is 20.7. The van der Waals surface area contributed by atoms with Gasteiger partial charge in [-0.15, -0.1) is 0 Å². The summed E-state index contributed by atoms with van der Waals surface area (Å²) < 4.78 is 2.58. The third-order valence-corrected chi connectivity index (χ3v) is 5.76. The van der Waals surface area contributed by atoms with Crippen LogP contribution < -0.4 is 5.32 Å². The Morgan fingerprint density at radius 1 is 1.09 bits per heavy atom. The van der Waals surface area contributed by atoms with Gasteiger partial charge in [-0.1, -0.05) is 68.7 Å². The SMILES string of the molecule is Cc1cccc(-n2nc(C(C)(C)C)cc2NC(=O)CN(CC(C)C)C(=O)c2cccc(Br)c2)c1. The first-order valence-corrected chi connectivity index (χ1v) is 12.3. The molecular weight excluding hydrogens is 492 g/mol. The van der Waals surface area contributed by atoms with Crippen LogP contribution >= 0.6 is 15.9 Å². The molecule has 34 heavy (non-hydrogen) atoms. The van der Waals surface area contributed by atoms with Gasteiger partial charge in [-0.3, -0.25) is 9.59 Å². The first kappa shape index (κ1) is 25.7. The van der Waals surface area contributed by atoms with E-state index in [2.05, 4.69) is 42.0 Å². The molecule has 0 aliphatic carbocycles. The van der Waals surface area contributed by atoms with Gasteiger partial charge in [0, 0.05) is 28.1 Å². The second-order valence-electron chi connectivity index (χ2n) is 10.1. The number of anilines is 1. The first-order chi connectivity index (χ1) is 15.9. The van der Waals surface area contributed by atoms with Crippen molar-refractivity contribution < 1.29 is 9.59 Å². The molecule has 6 nitrogen and oxygen atoms in total. The van der Waals surface area contributed by atoms with E-state index >= 15 is 0 Å². The number of amides is 2. The molecular formula is C27H33BrN4O2. The number of benzene rings is 2. The van der Waals surface area contributed by atoms with Gasteiger partial charge >= 0.3 is 0 Å². The van der Waals surface area contributed by atoms with Crippen LogP contribution in [0.4, 0.5) is 5.82 Å². The Balaban J connectivity index is 1.88. The van der Waals surface area contributed by atoms with Crippen LogP contribution in [0.5, 0.6) is 0 Å². The summed E-state index contributed by atoms with van der Waals surface area (Å²) in [5.74, 6) is 0.361. The van der Waals surface area contributed by atoms with Gasteiger partial charge in [0.1, 0.15) is 12.4 Å². The number of hydrogen-bond donors (Lipinski definition) is 1. The second kappa shape index (κ2) is 10.6. The van der Waals surface area contributed by atoms with Gasteiger partial charge in [-0.05, 0) is 48.7 Å². The number of aryl methyl sites for hydroxylation is 1. The molecule has 0 saturated carbocycles. The Morgan fingerprint density at radius 3 is 2.41 bits per heavy atom. The average molecular weight is 525 g/mol. The number of hydrogen-bond acceptors (Lipinski definition) is 3. The van der Waals surface area contributed by atoms with Crippen molar-refractivity contribution in [2.75, 3.05) is 18.4 Å². The van der Waals surface area contributed by atoms with Crippen LogP contribution in [0.25, 0.3) is 5.69 Å². The third kappa shape index (κ3) is 6.56. The van der Waals surface area contributed by atoms with E-state index in [9.17, 15) is 9.59 Å². The van der Waals surface area contributed by atoms with E-state index < -0.39 is 0 Å². The zero-order chi connectivity index (χ0) is 25.0. The Hall–Kier alpha value is -2.93. The zero-order valence-corrected chi connectivity index (χ0v) is 22.3. The van der Waals surface area contributed by atoms with Crippen LogP contribution in [-0.4, -0.2) is 39.6 Å². The average Bonchev–Trinajstić information content (AvgIpc) is 3.16. The molecule has 0 spiro atoms. The smallest absolute Gasteiger partial charge is 0.254 e. The molecule has 3 rings (SSSR count). The molecule has 0 saturated heterocycles. The highest BCUT2D eigenvalue weighted by Crippen LogP contribution is 2.26. The van der Waals surface area contributed by atoms with Crippen LogP contribution in [0, 0.1) is 12.8 Å². The van der Waals surface area contributed by atoms with E-state index in [0.717, 1.165) is 21.4 Å². The van der Waals surface area contributed by atoms with Gasteiger partial charge < -0.3 is 10.2 Å². The minimum absolute atomic E-state index is 0.0482. The van der Waals surface area contributed by atoms with Crippen LogP contribution in [0.2, 0.25) is 0 Å². The van der Waals surface area contributed by atoms with Gasteiger partial charge in [0.25, 0.3) is 5.91 Å². The molecule has 0 aliphatic heterocycles. The highest BCUT2D eigenvalue weighted by Gasteiger charge is 2.24. The van der Waals surface area contributed by atoms with Crippen molar-refractivity contribution in [2.24, 2.45) is 5.92 Å². The van der Waals surface area contributed by atoms with Gasteiger partial charge in [0.05, 0.1) is 11.4 Å². The van der Waals surface area contributed by atoms with Crippen LogP contribution in [0.3, 0.4) is 0 Å². The molecule has 3 aromatic rings. The molecule has 0 radical (unpaired) electrons. The monoisotopic (exact) mass is 524 g/mol. The van der Waals surface area contributed by atoms with E-state index in [1.165, 1.54) is 0 Å². The lowest BCUT2D eigenvalue weighted by molar-refractivity contribution is -0.117. The van der Waals surface area contributed by atoms with Crippen molar-refractivity contribution in [3.8, 4) is 5.69 Å². The van der Waals surface area contributed by atoms with Crippen LogP contribution in [-0.2, 0) is 10.2 Å². The topological polar surface area (TPSA) is 67.2 Å². The lowest BCUT2D eigenvalue weighted by Crippen LogP contribution is -2.40. The summed E-state index contributed by atoms with van der Waals surface area (Å²) in [5, 5.41) is 7.78. The Bertz CT molecular complexity index is 1180. The fraction of sp³-hybridized carbons (Fsp3) is 0.370. The van der Waals surface area contributed by atoms with Crippen molar-refractivity contribution in [1.29, 1.82) is 0 Å². The number of rotatable bonds is 7. The molecule has 2 amide bonds. The van der Waals surface area contributed by atoms with Crippen molar-refractivity contribution in [3.05, 3.63) is 75.9 Å². The number of carbonyl (C=O) groups excluding carboxylic acids is 2. The van der Waals surface area contributed by atoms with Crippen molar-refractivity contribution >= 4 is 33.6 Å². The fourth-order valence-corrected chi connectivity index (χ4v) is 4.01. The molecule has 2 aromatic carbocycles. The highest BCUT2D eigenvalue weighted by atomic mass is 79.9. The van der Waals surface area contributed by atoms with E-state index in [1.54, 1.807) is 21.7 Å². The maximum absolute atomic E-state index is 13.2. The lowest BCUT2D eigenvalue weighted by atomic mass is 9.92. The number of nitrogens with zero attached hydrogens (tertiary/aromatic N) is 3. The minimum atomic E-state index is -0.266. The summed E-state index contributed by atoms with van der Waals surface area (Å²) in [6.07, 6.45) is 0. The lowest BCUT2D eigenvalue weighted by Gasteiger charge is -2.24. The maximum Gasteiger partial charge on any atom is 0.254 e. The Kier molecular flexibility index (Phi) is 7.97.